The minimum Gasteiger partial charge on any atom is -0.359 e. The van der Waals surface area contributed by atoms with Crippen LogP contribution in [0.4, 0.5) is 19.0 Å². The molecule has 10 heteroatoms. The maximum absolute atomic E-state index is 14.8. The number of anilines is 1. The summed E-state index contributed by atoms with van der Waals surface area (Å²) in [6.45, 7) is 9.21. The minimum absolute atomic E-state index is 0.00254. The molecule has 7 nitrogen and oxygen atoms in total. The summed E-state index contributed by atoms with van der Waals surface area (Å²) in [5, 5.41) is 3.58. The standard InChI is InChI=1S/C25H26F3N5O2/c1-5-20(17-7-6-8-18(23(17)26)24(27)28)31-25-19-12-33(16-9-13(2)32(11-16)15(4)34)22(35)10-21(19)29-14(3)30-25/h5-8,10,12-13,16,20,24H,1,9,11H2,2-4H3,(H,29,30,31)/t13-,16-,20+/m0/s1. The molecule has 1 amide bonds. The summed E-state index contributed by atoms with van der Waals surface area (Å²) in [4.78, 5) is 35.4. The fraction of sp³-hybridized carbons (Fsp3) is 0.360. The van der Waals surface area contributed by atoms with E-state index < -0.39 is 23.8 Å². The van der Waals surface area contributed by atoms with Gasteiger partial charge in [0.25, 0.3) is 12.0 Å². The van der Waals surface area contributed by atoms with E-state index in [1.54, 1.807) is 22.6 Å². The first kappa shape index (κ1) is 24.4. The molecule has 3 atom stereocenters. The summed E-state index contributed by atoms with van der Waals surface area (Å²) < 4.78 is 42.9. The second-order valence-electron chi connectivity index (χ2n) is 8.76. The number of benzene rings is 1. The molecule has 1 aliphatic rings. The number of hydrogen-bond acceptors (Lipinski definition) is 5. The van der Waals surface area contributed by atoms with E-state index in [0.717, 1.165) is 6.07 Å². The molecular weight excluding hydrogens is 459 g/mol. The van der Waals surface area contributed by atoms with Crippen LogP contribution in [0.25, 0.3) is 10.9 Å². The van der Waals surface area contributed by atoms with E-state index in [0.29, 0.717) is 35.5 Å². The van der Waals surface area contributed by atoms with E-state index in [1.807, 2.05) is 6.92 Å². The van der Waals surface area contributed by atoms with Crippen LogP contribution < -0.4 is 10.9 Å². The quantitative estimate of drug-likeness (QED) is 0.512. The average Bonchev–Trinajstić information content (AvgIpc) is 3.18. The fourth-order valence-electron chi connectivity index (χ4n) is 4.66. The molecule has 1 aromatic carbocycles. The van der Waals surface area contributed by atoms with Crippen LogP contribution in [0.3, 0.4) is 0 Å². The van der Waals surface area contributed by atoms with Crippen molar-refractivity contribution in [1.82, 2.24) is 19.4 Å². The topological polar surface area (TPSA) is 80.1 Å². The van der Waals surface area contributed by atoms with Gasteiger partial charge in [-0.25, -0.2) is 23.1 Å². The lowest BCUT2D eigenvalue weighted by molar-refractivity contribution is -0.129. The van der Waals surface area contributed by atoms with Gasteiger partial charge in [-0.05, 0) is 20.3 Å². The molecule has 1 fully saturated rings. The molecule has 0 unspecified atom stereocenters. The third-order valence-corrected chi connectivity index (χ3v) is 6.38. The number of hydrogen-bond donors (Lipinski definition) is 1. The molecule has 1 saturated heterocycles. The van der Waals surface area contributed by atoms with Crippen molar-refractivity contribution < 1.29 is 18.0 Å². The highest BCUT2D eigenvalue weighted by Gasteiger charge is 2.32. The molecule has 2 aromatic heterocycles. The molecule has 1 aliphatic heterocycles. The number of halogens is 3. The van der Waals surface area contributed by atoms with Gasteiger partial charge >= 0.3 is 0 Å². The predicted molar refractivity (Wildman–Crippen MR) is 127 cm³/mol. The van der Waals surface area contributed by atoms with Crippen molar-refractivity contribution in [3.05, 3.63) is 76.2 Å². The zero-order valence-corrected chi connectivity index (χ0v) is 19.6. The van der Waals surface area contributed by atoms with E-state index in [-0.39, 0.29) is 29.1 Å². The molecule has 3 aromatic rings. The van der Waals surface area contributed by atoms with E-state index in [1.165, 1.54) is 31.2 Å². The van der Waals surface area contributed by atoms with E-state index in [9.17, 15) is 22.8 Å². The Labute approximate surface area is 200 Å². The Balaban J connectivity index is 1.77. The number of nitrogens with zero attached hydrogens (tertiary/aromatic N) is 4. The SMILES string of the molecule is C=C[C@@H](Nc1nc(C)nc2cc(=O)n([C@H]3C[C@H](C)N(C(C)=O)C3)cc12)c1cccc(C(F)F)c1F. The molecular formula is C25H26F3N5O2. The number of fused-ring (bicyclic) bond motifs is 1. The number of carbonyl (C=O) groups is 1. The average molecular weight is 486 g/mol. The lowest BCUT2D eigenvalue weighted by atomic mass is 10.0. The van der Waals surface area contributed by atoms with Crippen LogP contribution in [0, 0.1) is 12.7 Å². The van der Waals surface area contributed by atoms with E-state index in [4.69, 9.17) is 0 Å². The first-order chi connectivity index (χ1) is 16.6. The van der Waals surface area contributed by atoms with Crippen molar-refractivity contribution in [1.29, 1.82) is 0 Å². The molecule has 3 heterocycles. The zero-order valence-electron chi connectivity index (χ0n) is 19.6. The highest BCUT2D eigenvalue weighted by molar-refractivity contribution is 5.88. The van der Waals surface area contributed by atoms with Gasteiger partial charge in [0, 0.05) is 37.3 Å². The summed E-state index contributed by atoms with van der Waals surface area (Å²) in [6, 6.07) is 4.10. The number of alkyl halides is 2. The number of nitrogens with one attached hydrogen (secondary N) is 1. The fourth-order valence-corrected chi connectivity index (χ4v) is 4.66. The van der Waals surface area contributed by atoms with Gasteiger partial charge in [-0.3, -0.25) is 9.59 Å². The number of aromatic nitrogens is 3. The Morgan fingerprint density at radius 1 is 1.29 bits per heavy atom. The number of carbonyl (C=O) groups excluding carboxylic acids is 1. The zero-order chi connectivity index (χ0) is 25.4. The third kappa shape index (κ3) is 4.65. The van der Waals surface area contributed by atoms with Gasteiger partial charge in [-0.15, -0.1) is 6.58 Å². The lowest BCUT2D eigenvalue weighted by Crippen LogP contribution is -2.32. The van der Waals surface area contributed by atoms with Crippen LogP contribution in [0.5, 0.6) is 0 Å². The molecule has 35 heavy (non-hydrogen) atoms. The third-order valence-electron chi connectivity index (χ3n) is 6.38. The van der Waals surface area contributed by atoms with Gasteiger partial charge < -0.3 is 14.8 Å². The van der Waals surface area contributed by atoms with Crippen molar-refractivity contribution in [2.24, 2.45) is 0 Å². The van der Waals surface area contributed by atoms with Crippen LogP contribution in [0.2, 0.25) is 0 Å². The maximum atomic E-state index is 14.8. The van der Waals surface area contributed by atoms with Crippen molar-refractivity contribution >= 4 is 22.6 Å². The Hall–Kier alpha value is -3.69. The molecule has 0 bridgehead atoms. The first-order valence-corrected chi connectivity index (χ1v) is 11.2. The number of pyridine rings is 1. The van der Waals surface area contributed by atoms with Gasteiger partial charge in [0.15, 0.2) is 0 Å². The predicted octanol–water partition coefficient (Wildman–Crippen LogP) is 4.70. The Morgan fingerprint density at radius 3 is 2.63 bits per heavy atom. The summed E-state index contributed by atoms with van der Waals surface area (Å²) >= 11 is 0. The summed E-state index contributed by atoms with van der Waals surface area (Å²) in [7, 11) is 0. The molecule has 0 saturated carbocycles. The normalized spacial score (nSPS) is 18.8. The van der Waals surface area contributed by atoms with E-state index >= 15 is 0 Å². The van der Waals surface area contributed by atoms with Gasteiger partial charge in [-0.1, -0.05) is 24.3 Å². The molecule has 0 spiro atoms. The van der Waals surface area contributed by atoms with Crippen molar-refractivity contribution in [2.75, 3.05) is 11.9 Å². The monoisotopic (exact) mass is 485 g/mol. The number of rotatable bonds is 6. The Kier molecular flexibility index (Phi) is 6.64. The lowest BCUT2D eigenvalue weighted by Gasteiger charge is -2.21. The second kappa shape index (κ2) is 9.52. The molecule has 0 aliphatic carbocycles. The summed E-state index contributed by atoms with van der Waals surface area (Å²) in [5.74, 6) is -0.394. The minimum atomic E-state index is -2.96. The number of likely N-dealkylation sites (tertiary alicyclic amines) is 1. The van der Waals surface area contributed by atoms with Crippen LogP contribution in [-0.2, 0) is 4.79 Å². The van der Waals surface area contributed by atoms with Gasteiger partial charge in [0.05, 0.1) is 28.6 Å². The van der Waals surface area contributed by atoms with Crippen LogP contribution in [-0.4, -0.2) is 37.9 Å². The van der Waals surface area contributed by atoms with E-state index in [2.05, 4.69) is 21.9 Å². The molecule has 4 rings (SSSR count). The van der Waals surface area contributed by atoms with Crippen LogP contribution in [0.15, 0.2) is 47.9 Å². The smallest absolute Gasteiger partial charge is 0.266 e. The largest absolute Gasteiger partial charge is 0.359 e. The van der Waals surface area contributed by atoms with Crippen LogP contribution >= 0.6 is 0 Å². The molecule has 184 valence electrons. The van der Waals surface area contributed by atoms with Crippen LogP contribution in [0.1, 0.15) is 55.7 Å². The maximum Gasteiger partial charge on any atom is 0.266 e. The molecule has 0 radical (unpaired) electrons. The highest BCUT2D eigenvalue weighted by Crippen LogP contribution is 2.32. The van der Waals surface area contributed by atoms with Crippen molar-refractivity contribution in [3.63, 3.8) is 0 Å². The van der Waals surface area contributed by atoms with Gasteiger partial charge in [0.2, 0.25) is 5.91 Å². The summed E-state index contributed by atoms with van der Waals surface area (Å²) in [6.07, 6.45) is 0.685. The number of amides is 1. The molecule has 1 N–H and O–H groups in total. The van der Waals surface area contributed by atoms with Gasteiger partial charge in [0.1, 0.15) is 17.5 Å². The van der Waals surface area contributed by atoms with Crippen molar-refractivity contribution in [2.45, 2.75) is 51.7 Å². The number of aryl methyl sites for hydroxylation is 1. The Bertz CT molecular complexity index is 1360. The van der Waals surface area contributed by atoms with Crippen molar-refractivity contribution in [3.8, 4) is 0 Å². The van der Waals surface area contributed by atoms with Gasteiger partial charge in [-0.2, -0.15) is 0 Å². The first-order valence-electron chi connectivity index (χ1n) is 11.2. The Morgan fingerprint density at radius 2 is 2.00 bits per heavy atom. The highest BCUT2D eigenvalue weighted by atomic mass is 19.3. The summed E-state index contributed by atoms with van der Waals surface area (Å²) in [5.41, 5.74) is -0.572. The second-order valence-corrected chi connectivity index (χ2v) is 8.76.